The summed E-state index contributed by atoms with van der Waals surface area (Å²) in [6.07, 6.45) is 1.60. The van der Waals surface area contributed by atoms with E-state index in [9.17, 15) is 4.39 Å². The molecule has 0 heterocycles. The molecule has 0 unspecified atom stereocenters. The smallest absolute Gasteiger partial charge is 0.184 e. The van der Waals surface area contributed by atoms with Gasteiger partial charge in [0.2, 0.25) is 0 Å². The van der Waals surface area contributed by atoms with Gasteiger partial charge in [-0.1, -0.05) is 36.4 Å². The molecule has 0 saturated carbocycles. The molecular formula is C14H12FN3S. The lowest BCUT2D eigenvalue weighted by atomic mass is 10.0. The van der Waals surface area contributed by atoms with Crippen molar-refractivity contribution in [3.05, 3.63) is 59.9 Å². The first-order valence-corrected chi connectivity index (χ1v) is 6.01. The van der Waals surface area contributed by atoms with Crippen molar-refractivity contribution in [2.75, 3.05) is 0 Å². The van der Waals surface area contributed by atoms with Crippen LogP contribution in [0.4, 0.5) is 4.39 Å². The molecule has 2 rings (SSSR count). The first kappa shape index (κ1) is 13.2. The zero-order chi connectivity index (χ0) is 13.7. The van der Waals surface area contributed by atoms with E-state index in [-0.39, 0.29) is 10.9 Å². The first-order valence-electron chi connectivity index (χ1n) is 5.60. The average Bonchev–Trinajstić information content (AvgIpc) is 2.39. The molecule has 0 amide bonds. The summed E-state index contributed by atoms with van der Waals surface area (Å²) in [5.41, 5.74) is 10.3. The van der Waals surface area contributed by atoms with Crippen molar-refractivity contribution in [2.24, 2.45) is 10.8 Å². The summed E-state index contributed by atoms with van der Waals surface area (Å²) in [6.45, 7) is 0. The average molecular weight is 273 g/mol. The van der Waals surface area contributed by atoms with Crippen molar-refractivity contribution >= 4 is 23.5 Å². The molecular weight excluding hydrogens is 261 g/mol. The number of benzene rings is 2. The van der Waals surface area contributed by atoms with Crippen molar-refractivity contribution in [1.29, 1.82) is 0 Å². The normalized spacial score (nSPS) is 10.6. The van der Waals surface area contributed by atoms with Gasteiger partial charge in [-0.3, -0.25) is 5.43 Å². The molecule has 0 aliphatic carbocycles. The van der Waals surface area contributed by atoms with Gasteiger partial charge < -0.3 is 5.73 Å². The van der Waals surface area contributed by atoms with E-state index in [4.69, 9.17) is 5.73 Å². The molecule has 0 aliphatic heterocycles. The Bertz CT molecular complexity index is 626. The van der Waals surface area contributed by atoms with Crippen molar-refractivity contribution in [3.8, 4) is 11.1 Å². The maximum Gasteiger partial charge on any atom is 0.184 e. The second kappa shape index (κ2) is 6.06. The van der Waals surface area contributed by atoms with E-state index in [1.54, 1.807) is 12.3 Å². The van der Waals surface area contributed by atoms with Crippen LogP contribution in [-0.2, 0) is 0 Å². The SMILES string of the molecule is NC(=S)NN=Cc1ccccc1-c1cccc(F)c1. The van der Waals surface area contributed by atoms with Gasteiger partial charge in [0.1, 0.15) is 5.82 Å². The van der Waals surface area contributed by atoms with Crippen molar-refractivity contribution in [1.82, 2.24) is 5.43 Å². The summed E-state index contributed by atoms with van der Waals surface area (Å²) in [4.78, 5) is 0. The lowest BCUT2D eigenvalue weighted by Crippen LogP contribution is -2.24. The van der Waals surface area contributed by atoms with Crippen LogP contribution in [-0.4, -0.2) is 11.3 Å². The van der Waals surface area contributed by atoms with Gasteiger partial charge in [0, 0.05) is 5.56 Å². The number of nitrogens with two attached hydrogens (primary N) is 1. The summed E-state index contributed by atoms with van der Waals surface area (Å²) >= 11 is 4.66. The Hall–Kier alpha value is -2.27. The number of nitrogens with zero attached hydrogens (tertiary/aromatic N) is 1. The van der Waals surface area contributed by atoms with Gasteiger partial charge in [-0.15, -0.1) is 0 Å². The van der Waals surface area contributed by atoms with Crippen LogP contribution in [0.15, 0.2) is 53.6 Å². The van der Waals surface area contributed by atoms with Crippen LogP contribution >= 0.6 is 12.2 Å². The Morgan fingerprint density at radius 3 is 2.74 bits per heavy atom. The van der Waals surface area contributed by atoms with Gasteiger partial charge in [0.15, 0.2) is 5.11 Å². The highest BCUT2D eigenvalue weighted by atomic mass is 32.1. The fraction of sp³-hybridized carbons (Fsp3) is 0. The van der Waals surface area contributed by atoms with Gasteiger partial charge in [0.05, 0.1) is 6.21 Å². The van der Waals surface area contributed by atoms with Crippen LogP contribution in [0.5, 0.6) is 0 Å². The molecule has 3 N–H and O–H groups in total. The summed E-state index contributed by atoms with van der Waals surface area (Å²) in [5, 5.41) is 4.01. The van der Waals surface area contributed by atoms with Gasteiger partial charge in [-0.05, 0) is 35.5 Å². The Balaban J connectivity index is 2.36. The van der Waals surface area contributed by atoms with E-state index >= 15 is 0 Å². The second-order valence-corrected chi connectivity index (χ2v) is 4.27. The number of rotatable bonds is 3. The van der Waals surface area contributed by atoms with Crippen molar-refractivity contribution in [2.45, 2.75) is 0 Å². The topological polar surface area (TPSA) is 50.4 Å². The zero-order valence-corrected chi connectivity index (χ0v) is 10.8. The van der Waals surface area contributed by atoms with Gasteiger partial charge in [0.25, 0.3) is 0 Å². The summed E-state index contributed by atoms with van der Waals surface area (Å²) in [6, 6.07) is 14.0. The van der Waals surface area contributed by atoms with E-state index < -0.39 is 0 Å². The molecule has 0 atom stereocenters. The molecule has 0 radical (unpaired) electrons. The Labute approximate surface area is 115 Å². The number of hydrogen-bond acceptors (Lipinski definition) is 2. The fourth-order valence-corrected chi connectivity index (χ4v) is 1.75. The molecule has 0 saturated heterocycles. The van der Waals surface area contributed by atoms with Crippen molar-refractivity contribution < 1.29 is 4.39 Å². The summed E-state index contributed by atoms with van der Waals surface area (Å²) in [5.74, 6) is -0.273. The molecule has 0 aliphatic rings. The van der Waals surface area contributed by atoms with Crippen LogP contribution in [0.1, 0.15) is 5.56 Å². The van der Waals surface area contributed by atoms with Crippen LogP contribution in [0.25, 0.3) is 11.1 Å². The Kier molecular flexibility index (Phi) is 4.20. The minimum absolute atomic E-state index is 0.0967. The van der Waals surface area contributed by atoms with Crippen LogP contribution in [0, 0.1) is 5.82 Å². The molecule has 0 spiro atoms. The van der Waals surface area contributed by atoms with Crippen LogP contribution in [0.2, 0.25) is 0 Å². The van der Waals surface area contributed by atoms with E-state index in [0.717, 1.165) is 16.7 Å². The predicted octanol–water partition coefficient (Wildman–Crippen LogP) is 2.66. The van der Waals surface area contributed by atoms with Gasteiger partial charge >= 0.3 is 0 Å². The number of halogens is 1. The highest BCUT2D eigenvalue weighted by molar-refractivity contribution is 7.80. The third-order valence-corrected chi connectivity index (χ3v) is 2.57. The lowest BCUT2D eigenvalue weighted by Gasteiger charge is -2.06. The van der Waals surface area contributed by atoms with E-state index in [2.05, 4.69) is 22.7 Å². The Morgan fingerprint density at radius 2 is 2.00 bits per heavy atom. The summed E-state index contributed by atoms with van der Waals surface area (Å²) < 4.78 is 13.3. The molecule has 2 aromatic carbocycles. The quantitative estimate of drug-likeness (QED) is 0.513. The lowest BCUT2D eigenvalue weighted by molar-refractivity contribution is 0.628. The maximum atomic E-state index is 13.3. The van der Waals surface area contributed by atoms with Crippen LogP contribution < -0.4 is 11.2 Å². The van der Waals surface area contributed by atoms with E-state index in [1.807, 2.05) is 30.3 Å². The largest absolute Gasteiger partial charge is 0.375 e. The predicted molar refractivity (Wildman–Crippen MR) is 79.4 cm³/mol. The molecule has 0 fully saturated rings. The highest BCUT2D eigenvalue weighted by Gasteiger charge is 2.03. The van der Waals surface area contributed by atoms with E-state index in [0.29, 0.717) is 0 Å². The van der Waals surface area contributed by atoms with Gasteiger partial charge in [-0.2, -0.15) is 5.10 Å². The molecule has 5 heteroatoms. The molecule has 3 nitrogen and oxygen atoms in total. The first-order chi connectivity index (χ1) is 9.16. The molecule has 0 aromatic heterocycles. The zero-order valence-electron chi connectivity index (χ0n) is 10.0. The van der Waals surface area contributed by atoms with Crippen molar-refractivity contribution in [3.63, 3.8) is 0 Å². The third kappa shape index (κ3) is 3.59. The fourth-order valence-electron chi connectivity index (χ4n) is 1.69. The highest BCUT2D eigenvalue weighted by Crippen LogP contribution is 2.23. The molecule has 0 bridgehead atoms. The minimum Gasteiger partial charge on any atom is -0.375 e. The molecule has 19 heavy (non-hydrogen) atoms. The molecule has 96 valence electrons. The standard InChI is InChI=1S/C14H12FN3S/c15-12-6-3-5-10(8-12)13-7-2-1-4-11(13)9-17-18-14(16)19/h1-9H,(H3,16,18,19). The van der Waals surface area contributed by atoms with E-state index in [1.165, 1.54) is 12.1 Å². The maximum absolute atomic E-state index is 13.3. The Morgan fingerprint density at radius 1 is 1.21 bits per heavy atom. The summed E-state index contributed by atoms with van der Waals surface area (Å²) in [7, 11) is 0. The van der Waals surface area contributed by atoms with Gasteiger partial charge in [-0.25, -0.2) is 4.39 Å². The number of nitrogens with one attached hydrogen (secondary N) is 1. The second-order valence-electron chi connectivity index (χ2n) is 3.83. The number of hydrazone groups is 1. The minimum atomic E-state index is -0.273. The number of thiocarbonyl (C=S) groups is 1. The third-order valence-electron chi connectivity index (χ3n) is 2.47. The number of hydrogen-bond donors (Lipinski definition) is 2. The molecule has 2 aromatic rings. The monoisotopic (exact) mass is 273 g/mol. The van der Waals surface area contributed by atoms with Crippen LogP contribution in [0.3, 0.4) is 0 Å².